The summed E-state index contributed by atoms with van der Waals surface area (Å²) in [7, 11) is 6.53. The molecule has 3 aromatic rings. The highest BCUT2D eigenvalue weighted by molar-refractivity contribution is 6.26. The van der Waals surface area contributed by atoms with E-state index in [1.165, 1.54) is 0 Å². The van der Waals surface area contributed by atoms with Crippen LogP contribution in [0, 0.1) is 0 Å². The molecule has 0 aliphatic heterocycles. The number of rotatable bonds is 5. The zero-order valence-corrected chi connectivity index (χ0v) is 16.3. The van der Waals surface area contributed by atoms with Crippen molar-refractivity contribution in [3.63, 3.8) is 0 Å². The molecule has 0 atom stereocenters. The van der Waals surface area contributed by atoms with E-state index in [2.05, 4.69) is 0 Å². The van der Waals surface area contributed by atoms with E-state index in [0.29, 0.717) is 23.0 Å². The summed E-state index contributed by atoms with van der Waals surface area (Å²) in [6.45, 7) is 0. The molecule has 0 amide bonds. The highest BCUT2D eigenvalue weighted by atomic mass is 16.5. The van der Waals surface area contributed by atoms with Crippen molar-refractivity contribution < 1.29 is 18.9 Å². The smallest absolute Gasteiger partial charge is 0.161 e. The van der Waals surface area contributed by atoms with E-state index in [-0.39, 0.29) is 0 Å². The molecule has 0 saturated carbocycles. The third-order valence-electron chi connectivity index (χ3n) is 4.84. The number of nitrogens with zero attached hydrogens (tertiary/aromatic N) is 1. The fourth-order valence-electron chi connectivity index (χ4n) is 3.49. The molecule has 0 heterocycles. The Morgan fingerprint density at radius 3 is 1.32 bits per heavy atom. The number of fused-ring (bicyclic) bond motifs is 3. The van der Waals surface area contributed by atoms with E-state index in [9.17, 15) is 0 Å². The van der Waals surface area contributed by atoms with Gasteiger partial charge in [-0.05, 0) is 47.5 Å². The van der Waals surface area contributed by atoms with Crippen molar-refractivity contribution in [1.29, 1.82) is 0 Å². The Labute approximate surface area is 164 Å². The molecule has 1 aliphatic carbocycles. The molecule has 0 radical (unpaired) electrons. The summed E-state index contributed by atoms with van der Waals surface area (Å²) in [6, 6.07) is 17.8. The molecule has 0 N–H and O–H groups in total. The van der Waals surface area contributed by atoms with Gasteiger partial charge in [0.25, 0.3) is 0 Å². The Hall–Kier alpha value is -3.47. The summed E-state index contributed by atoms with van der Waals surface area (Å²) in [5, 5.41) is 0. The predicted octanol–water partition coefficient (Wildman–Crippen LogP) is 4.87. The maximum absolute atomic E-state index is 5.52. The molecule has 0 aromatic heterocycles. The molecule has 0 bridgehead atoms. The van der Waals surface area contributed by atoms with Crippen LogP contribution in [0.5, 0.6) is 23.0 Å². The largest absolute Gasteiger partial charge is 0.493 e. The van der Waals surface area contributed by atoms with Gasteiger partial charge in [0.05, 0.1) is 39.8 Å². The van der Waals surface area contributed by atoms with Crippen LogP contribution in [0.25, 0.3) is 11.1 Å². The van der Waals surface area contributed by atoms with Gasteiger partial charge < -0.3 is 18.9 Å². The lowest BCUT2D eigenvalue weighted by Gasteiger charge is -2.11. The number of benzene rings is 3. The number of ether oxygens (including phenoxy) is 4. The molecule has 28 heavy (non-hydrogen) atoms. The lowest BCUT2D eigenvalue weighted by Crippen LogP contribution is -2.00. The molecule has 0 saturated heterocycles. The quantitative estimate of drug-likeness (QED) is 0.499. The normalized spacial score (nSPS) is 11.5. The van der Waals surface area contributed by atoms with Crippen LogP contribution in [0.1, 0.15) is 11.1 Å². The Morgan fingerprint density at radius 1 is 0.536 bits per heavy atom. The first-order valence-electron chi connectivity index (χ1n) is 8.87. The first kappa shape index (κ1) is 17.9. The molecular formula is C23H21NO4. The minimum atomic E-state index is 0.661. The standard InChI is InChI=1S/C23H21NO4/c1-25-19-10-15-16-11-20(26-2)22(28-4)13-18(16)23(17(15)12-21(19)27-3)24-14-8-6-5-7-9-14/h5-13H,1-4H3. The van der Waals surface area contributed by atoms with Crippen molar-refractivity contribution in [1.82, 2.24) is 0 Å². The highest BCUT2D eigenvalue weighted by Gasteiger charge is 2.29. The van der Waals surface area contributed by atoms with E-state index < -0.39 is 0 Å². The molecule has 0 fully saturated rings. The Morgan fingerprint density at radius 2 is 0.929 bits per heavy atom. The van der Waals surface area contributed by atoms with Crippen molar-refractivity contribution >= 4 is 11.4 Å². The average molecular weight is 375 g/mol. The SMILES string of the molecule is COc1cc2c(cc1OC)-c1cc(OC)c(OC)cc1C2=Nc1ccccc1. The molecule has 142 valence electrons. The molecule has 0 spiro atoms. The molecule has 5 heteroatoms. The summed E-state index contributed by atoms with van der Waals surface area (Å²) in [5.41, 5.74) is 5.73. The predicted molar refractivity (Wildman–Crippen MR) is 110 cm³/mol. The number of methoxy groups -OCH3 is 4. The first-order valence-corrected chi connectivity index (χ1v) is 8.87. The van der Waals surface area contributed by atoms with E-state index in [1.807, 2.05) is 54.6 Å². The Bertz CT molecular complexity index is 994. The third kappa shape index (κ3) is 2.85. The van der Waals surface area contributed by atoms with Crippen molar-refractivity contribution in [2.24, 2.45) is 4.99 Å². The van der Waals surface area contributed by atoms with Crippen molar-refractivity contribution in [3.05, 3.63) is 65.7 Å². The summed E-state index contributed by atoms with van der Waals surface area (Å²) in [4.78, 5) is 4.93. The van der Waals surface area contributed by atoms with Gasteiger partial charge in [-0.3, -0.25) is 0 Å². The van der Waals surface area contributed by atoms with E-state index >= 15 is 0 Å². The highest BCUT2D eigenvalue weighted by Crippen LogP contribution is 2.47. The van der Waals surface area contributed by atoms with Gasteiger partial charge in [0.1, 0.15) is 0 Å². The van der Waals surface area contributed by atoms with Crippen LogP contribution >= 0.6 is 0 Å². The van der Waals surface area contributed by atoms with Crippen LogP contribution in [0.4, 0.5) is 5.69 Å². The lowest BCUT2D eigenvalue weighted by molar-refractivity contribution is 0.354. The number of hydrogen-bond acceptors (Lipinski definition) is 5. The van der Waals surface area contributed by atoms with Gasteiger partial charge in [-0.15, -0.1) is 0 Å². The van der Waals surface area contributed by atoms with Gasteiger partial charge in [0, 0.05) is 11.1 Å². The second-order valence-corrected chi connectivity index (χ2v) is 6.30. The van der Waals surface area contributed by atoms with Crippen LogP contribution in [-0.4, -0.2) is 34.2 Å². The van der Waals surface area contributed by atoms with E-state index in [4.69, 9.17) is 23.9 Å². The third-order valence-corrected chi connectivity index (χ3v) is 4.84. The van der Waals surface area contributed by atoms with Gasteiger partial charge in [-0.25, -0.2) is 4.99 Å². The minimum Gasteiger partial charge on any atom is -0.493 e. The van der Waals surface area contributed by atoms with Crippen LogP contribution in [0.15, 0.2) is 59.6 Å². The topological polar surface area (TPSA) is 49.3 Å². The second kappa shape index (κ2) is 7.27. The number of aliphatic imine (C=N–C) groups is 1. The molecule has 3 aromatic carbocycles. The molecule has 5 nitrogen and oxygen atoms in total. The van der Waals surface area contributed by atoms with E-state index in [1.54, 1.807) is 28.4 Å². The van der Waals surface area contributed by atoms with Crippen molar-refractivity contribution in [2.75, 3.05) is 28.4 Å². The summed E-state index contributed by atoms with van der Waals surface area (Å²) in [5.74, 6) is 2.66. The molecule has 0 unspecified atom stereocenters. The minimum absolute atomic E-state index is 0.661. The molecule has 1 aliphatic rings. The van der Waals surface area contributed by atoms with E-state index in [0.717, 1.165) is 33.7 Å². The van der Waals surface area contributed by atoms with Gasteiger partial charge in [0.2, 0.25) is 0 Å². The van der Waals surface area contributed by atoms with Crippen LogP contribution in [-0.2, 0) is 0 Å². The van der Waals surface area contributed by atoms with Crippen molar-refractivity contribution in [2.45, 2.75) is 0 Å². The summed E-state index contributed by atoms with van der Waals surface area (Å²) < 4.78 is 22.1. The summed E-state index contributed by atoms with van der Waals surface area (Å²) in [6.07, 6.45) is 0. The Balaban J connectivity index is 2.02. The van der Waals surface area contributed by atoms with Gasteiger partial charge >= 0.3 is 0 Å². The monoisotopic (exact) mass is 375 g/mol. The van der Waals surface area contributed by atoms with Crippen LogP contribution in [0.3, 0.4) is 0 Å². The van der Waals surface area contributed by atoms with Crippen LogP contribution in [0.2, 0.25) is 0 Å². The van der Waals surface area contributed by atoms with Crippen LogP contribution < -0.4 is 18.9 Å². The van der Waals surface area contributed by atoms with Crippen molar-refractivity contribution in [3.8, 4) is 34.1 Å². The zero-order chi connectivity index (χ0) is 19.7. The molecule has 4 rings (SSSR count). The fourth-order valence-corrected chi connectivity index (χ4v) is 3.49. The number of hydrogen-bond donors (Lipinski definition) is 0. The van der Waals surface area contributed by atoms with Gasteiger partial charge in [0.15, 0.2) is 23.0 Å². The maximum atomic E-state index is 5.52. The van der Waals surface area contributed by atoms with Gasteiger partial charge in [-0.2, -0.15) is 0 Å². The lowest BCUT2D eigenvalue weighted by atomic mass is 10.0. The molecular weight excluding hydrogens is 354 g/mol. The zero-order valence-electron chi connectivity index (χ0n) is 16.3. The average Bonchev–Trinajstić information content (AvgIpc) is 3.04. The number of para-hydroxylation sites is 1. The maximum Gasteiger partial charge on any atom is 0.161 e. The Kier molecular flexibility index (Phi) is 4.65. The fraction of sp³-hybridized carbons (Fsp3) is 0.174. The van der Waals surface area contributed by atoms with Gasteiger partial charge in [-0.1, -0.05) is 18.2 Å². The summed E-state index contributed by atoms with van der Waals surface area (Å²) >= 11 is 0. The second-order valence-electron chi connectivity index (χ2n) is 6.30. The first-order chi connectivity index (χ1) is 13.7.